The largest absolute Gasteiger partial charge is 0.276 e. The minimum Gasteiger partial charge on any atom is -0.276 e. The summed E-state index contributed by atoms with van der Waals surface area (Å²) >= 11 is 0. The summed E-state index contributed by atoms with van der Waals surface area (Å²) in [6, 6.07) is 7.96. The maximum absolute atomic E-state index is 4.30. The van der Waals surface area contributed by atoms with Gasteiger partial charge in [-0.2, -0.15) is 0 Å². The molecule has 0 saturated heterocycles. The van der Waals surface area contributed by atoms with Gasteiger partial charge in [-0.05, 0) is 19.1 Å². The van der Waals surface area contributed by atoms with Gasteiger partial charge in [0, 0.05) is 0 Å². The number of fused-ring (bicyclic) bond motifs is 3. The lowest BCUT2D eigenvalue weighted by molar-refractivity contribution is 1.02. The Balaban J connectivity index is 2.65. The van der Waals surface area contributed by atoms with Gasteiger partial charge in [0.2, 0.25) is 0 Å². The summed E-state index contributed by atoms with van der Waals surface area (Å²) in [6.07, 6.45) is 1.74. The molecule has 0 aliphatic heterocycles. The van der Waals surface area contributed by atoms with Crippen molar-refractivity contribution in [2.45, 2.75) is 6.92 Å². The lowest BCUT2D eigenvalue weighted by Crippen LogP contribution is -1.92. The molecule has 14 heavy (non-hydrogen) atoms. The summed E-state index contributed by atoms with van der Waals surface area (Å²) in [5.74, 6) is 0.888. The van der Waals surface area contributed by atoms with Crippen LogP contribution in [0.25, 0.3) is 16.7 Å². The fourth-order valence-electron chi connectivity index (χ4n) is 1.65. The third kappa shape index (κ3) is 0.849. The normalized spacial score (nSPS) is 11.2. The molecule has 0 aliphatic rings. The molecule has 4 nitrogen and oxygen atoms in total. The lowest BCUT2D eigenvalue weighted by atomic mass is 10.3. The molecule has 2 heterocycles. The highest BCUT2D eigenvalue weighted by Crippen LogP contribution is 2.13. The Bertz CT molecular complexity index is 612. The van der Waals surface area contributed by atoms with Crippen LogP contribution in [0.1, 0.15) is 5.82 Å². The van der Waals surface area contributed by atoms with Crippen molar-refractivity contribution in [1.29, 1.82) is 0 Å². The number of para-hydroxylation sites is 2. The molecule has 0 fully saturated rings. The minimum absolute atomic E-state index is 0.793. The number of aromatic nitrogens is 4. The topological polar surface area (TPSA) is 43.1 Å². The predicted molar refractivity (Wildman–Crippen MR) is 53.0 cm³/mol. The molecule has 0 radical (unpaired) electrons. The maximum Gasteiger partial charge on any atom is 0.179 e. The van der Waals surface area contributed by atoms with Gasteiger partial charge in [0.05, 0.1) is 17.2 Å². The quantitative estimate of drug-likeness (QED) is 0.532. The number of aryl methyl sites for hydroxylation is 1. The Labute approximate surface area is 80.2 Å². The summed E-state index contributed by atoms with van der Waals surface area (Å²) in [6.45, 7) is 1.94. The van der Waals surface area contributed by atoms with Crippen LogP contribution in [0.4, 0.5) is 0 Å². The second-order valence-corrected chi connectivity index (χ2v) is 3.19. The Morgan fingerprint density at radius 3 is 2.93 bits per heavy atom. The zero-order valence-electron chi connectivity index (χ0n) is 7.68. The molecule has 4 heteroatoms. The summed E-state index contributed by atoms with van der Waals surface area (Å²) in [4.78, 5) is 4.30. The van der Waals surface area contributed by atoms with Gasteiger partial charge in [-0.15, -0.1) is 10.2 Å². The second-order valence-electron chi connectivity index (χ2n) is 3.19. The molecule has 0 atom stereocenters. The first kappa shape index (κ1) is 7.44. The molecule has 3 aromatic rings. The molecule has 3 rings (SSSR count). The summed E-state index contributed by atoms with van der Waals surface area (Å²) < 4.78 is 2.00. The predicted octanol–water partition coefficient (Wildman–Crippen LogP) is 1.59. The van der Waals surface area contributed by atoms with Crippen LogP contribution < -0.4 is 0 Å². The molecular weight excluding hydrogens is 176 g/mol. The van der Waals surface area contributed by atoms with E-state index in [0.29, 0.717) is 0 Å². The molecule has 0 N–H and O–H groups in total. The first-order chi connectivity index (χ1) is 6.86. The second kappa shape index (κ2) is 2.51. The molecule has 0 amide bonds. The number of hydrogen-bond donors (Lipinski definition) is 0. The van der Waals surface area contributed by atoms with Crippen LogP contribution in [0, 0.1) is 6.92 Å². The Morgan fingerprint density at radius 1 is 1.14 bits per heavy atom. The van der Waals surface area contributed by atoms with E-state index in [0.717, 1.165) is 22.5 Å². The summed E-state index contributed by atoms with van der Waals surface area (Å²) in [5.41, 5.74) is 2.80. The first-order valence-electron chi connectivity index (χ1n) is 4.42. The van der Waals surface area contributed by atoms with Crippen LogP contribution in [0.5, 0.6) is 0 Å². The first-order valence-corrected chi connectivity index (χ1v) is 4.42. The number of benzene rings is 1. The van der Waals surface area contributed by atoms with Crippen molar-refractivity contribution in [2.75, 3.05) is 0 Å². The maximum atomic E-state index is 4.30. The zero-order chi connectivity index (χ0) is 9.54. The SMILES string of the molecule is Cc1nnc2cnc3ccccc3n12. The van der Waals surface area contributed by atoms with Crippen LogP contribution in [-0.2, 0) is 0 Å². The van der Waals surface area contributed by atoms with Gasteiger partial charge in [-0.1, -0.05) is 12.1 Å². The average Bonchev–Trinajstić information content (AvgIpc) is 2.61. The molecule has 0 unspecified atom stereocenters. The highest BCUT2D eigenvalue weighted by molar-refractivity contribution is 5.77. The lowest BCUT2D eigenvalue weighted by Gasteiger charge is -2.00. The van der Waals surface area contributed by atoms with Crippen molar-refractivity contribution < 1.29 is 0 Å². The zero-order valence-corrected chi connectivity index (χ0v) is 7.68. The number of rotatable bonds is 0. The summed E-state index contributed by atoms with van der Waals surface area (Å²) in [5, 5.41) is 8.04. The van der Waals surface area contributed by atoms with Crippen molar-refractivity contribution in [1.82, 2.24) is 19.6 Å². The van der Waals surface area contributed by atoms with E-state index in [2.05, 4.69) is 15.2 Å². The van der Waals surface area contributed by atoms with E-state index < -0.39 is 0 Å². The molecule has 2 aromatic heterocycles. The van der Waals surface area contributed by atoms with E-state index >= 15 is 0 Å². The van der Waals surface area contributed by atoms with E-state index in [-0.39, 0.29) is 0 Å². The fraction of sp³-hybridized carbons (Fsp3) is 0.100. The van der Waals surface area contributed by atoms with Gasteiger partial charge in [0.25, 0.3) is 0 Å². The van der Waals surface area contributed by atoms with E-state index in [1.807, 2.05) is 35.6 Å². The van der Waals surface area contributed by atoms with Crippen molar-refractivity contribution >= 4 is 16.7 Å². The number of nitrogens with zero attached hydrogens (tertiary/aromatic N) is 4. The van der Waals surface area contributed by atoms with Crippen LogP contribution in [0.3, 0.4) is 0 Å². The third-order valence-electron chi connectivity index (χ3n) is 2.29. The molecule has 68 valence electrons. The van der Waals surface area contributed by atoms with Gasteiger partial charge in [-0.3, -0.25) is 9.38 Å². The van der Waals surface area contributed by atoms with Crippen molar-refractivity contribution in [3.8, 4) is 0 Å². The van der Waals surface area contributed by atoms with Crippen LogP contribution in [0.15, 0.2) is 30.5 Å². The van der Waals surface area contributed by atoms with Crippen molar-refractivity contribution in [3.05, 3.63) is 36.3 Å². The van der Waals surface area contributed by atoms with E-state index in [9.17, 15) is 0 Å². The van der Waals surface area contributed by atoms with Gasteiger partial charge in [0.15, 0.2) is 5.65 Å². The number of hydrogen-bond acceptors (Lipinski definition) is 3. The monoisotopic (exact) mass is 184 g/mol. The molecule has 0 aliphatic carbocycles. The van der Waals surface area contributed by atoms with Gasteiger partial charge in [-0.25, -0.2) is 0 Å². The summed E-state index contributed by atoms with van der Waals surface area (Å²) in [7, 11) is 0. The smallest absolute Gasteiger partial charge is 0.179 e. The van der Waals surface area contributed by atoms with E-state index in [1.54, 1.807) is 6.20 Å². The average molecular weight is 184 g/mol. The molecular formula is C10H8N4. The van der Waals surface area contributed by atoms with Crippen molar-refractivity contribution in [3.63, 3.8) is 0 Å². The minimum atomic E-state index is 0.793. The fourth-order valence-corrected chi connectivity index (χ4v) is 1.65. The van der Waals surface area contributed by atoms with E-state index in [1.165, 1.54) is 0 Å². The molecule has 1 aromatic carbocycles. The van der Waals surface area contributed by atoms with Crippen LogP contribution in [0.2, 0.25) is 0 Å². The van der Waals surface area contributed by atoms with Crippen LogP contribution >= 0.6 is 0 Å². The molecule has 0 saturated carbocycles. The Kier molecular flexibility index (Phi) is 1.33. The third-order valence-corrected chi connectivity index (χ3v) is 2.29. The van der Waals surface area contributed by atoms with E-state index in [4.69, 9.17) is 0 Å². The highest BCUT2D eigenvalue weighted by Gasteiger charge is 2.04. The Morgan fingerprint density at radius 2 is 2.00 bits per heavy atom. The van der Waals surface area contributed by atoms with Crippen LogP contribution in [-0.4, -0.2) is 19.6 Å². The van der Waals surface area contributed by atoms with Gasteiger partial charge < -0.3 is 0 Å². The Hall–Kier alpha value is -1.97. The highest BCUT2D eigenvalue weighted by atomic mass is 15.2. The standard InChI is InChI=1S/C10H8N4/c1-7-12-13-10-6-11-8-4-2-3-5-9(8)14(7)10/h2-6H,1H3. The van der Waals surface area contributed by atoms with Gasteiger partial charge in [0.1, 0.15) is 5.82 Å². The molecule has 0 spiro atoms. The molecule has 0 bridgehead atoms. The van der Waals surface area contributed by atoms with Gasteiger partial charge >= 0.3 is 0 Å². The van der Waals surface area contributed by atoms with Crippen molar-refractivity contribution in [2.24, 2.45) is 0 Å².